The second-order valence-corrected chi connectivity index (χ2v) is 5.09. The Morgan fingerprint density at radius 1 is 1.24 bits per heavy atom. The van der Waals surface area contributed by atoms with Crippen molar-refractivity contribution in [1.82, 2.24) is 5.32 Å². The molecule has 110 valence electrons. The van der Waals surface area contributed by atoms with E-state index in [-0.39, 0.29) is 24.3 Å². The molecule has 0 aliphatic heterocycles. The van der Waals surface area contributed by atoms with Gasteiger partial charge in [0.25, 0.3) is 0 Å². The zero-order valence-electron chi connectivity index (χ0n) is 11.6. The number of hydrogen-bond donors (Lipinski definition) is 2. The fraction of sp³-hybridized carbons (Fsp3) is 0.188. The summed E-state index contributed by atoms with van der Waals surface area (Å²) in [4.78, 5) is 11.9. The van der Waals surface area contributed by atoms with Crippen molar-refractivity contribution in [3.8, 4) is 0 Å². The summed E-state index contributed by atoms with van der Waals surface area (Å²) < 4.78 is 13.1. The van der Waals surface area contributed by atoms with Gasteiger partial charge in [0.15, 0.2) is 0 Å². The average molecular weight is 307 g/mol. The number of anilines is 1. The minimum atomic E-state index is -0.290. The lowest BCUT2D eigenvalue weighted by molar-refractivity contribution is -0.115. The highest BCUT2D eigenvalue weighted by Crippen LogP contribution is 2.20. The SMILES string of the molecule is C[C@@H](NCC(=O)Nc1ccccc1Cl)c1cccc(F)c1. The van der Waals surface area contributed by atoms with Gasteiger partial charge in [0.2, 0.25) is 5.91 Å². The normalized spacial score (nSPS) is 12.0. The van der Waals surface area contributed by atoms with Crippen LogP contribution in [0.5, 0.6) is 0 Å². The number of halogens is 2. The highest BCUT2D eigenvalue weighted by Gasteiger charge is 2.09. The van der Waals surface area contributed by atoms with E-state index in [9.17, 15) is 9.18 Å². The second-order valence-electron chi connectivity index (χ2n) is 4.69. The van der Waals surface area contributed by atoms with Crippen molar-refractivity contribution < 1.29 is 9.18 Å². The number of carbonyl (C=O) groups is 1. The fourth-order valence-electron chi connectivity index (χ4n) is 1.90. The highest BCUT2D eigenvalue weighted by molar-refractivity contribution is 6.33. The Morgan fingerprint density at radius 2 is 2.00 bits per heavy atom. The largest absolute Gasteiger partial charge is 0.324 e. The molecule has 0 heterocycles. The van der Waals surface area contributed by atoms with Crippen LogP contribution in [0.15, 0.2) is 48.5 Å². The van der Waals surface area contributed by atoms with Gasteiger partial charge in [0.05, 0.1) is 17.3 Å². The van der Waals surface area contributed by atoms with Gasteiger partial charge in [-0.25, -0.2) is 4.39 Å². The van der Waals surface area contributed by atoms with Crippen molar-refractivity contribution in [2.45, 2.75) is 13.0 Å². The molecule has 0 saturated carbocycles. The minimum Gasteiger partial charge on any atom is -0.324 e. The van der Waals surface area contributed by atoms with E-state index in [0.717, 1.165) is 5.56 Å². The zero-order chi connectivity index (χ0) is 15.2. The van der Waals surface area contributed by atoms with Gasteiger partial charge < -0.3 is 10.6 Å². The van der Waals surface area contributed by atoms with E-state index in [1.807, 2.05) is 13.0 Å². The molecule has 0 aliphatic carbocycles. The average Bonchev–Trinajstić information content (AvgIpc) is 2.47. The molecule has 2 aromatic rings. The van der Waals surface area contributed by atoms with Crippen LogP contribution in [0.25, 0.3) is 0 Å². The molecule has 0 unspecified atom stereocenters. The molecule has 21 heavy (non-hydrogen) atoms. The summed E-state index contributed by atoms with van der Waals surface area (Å²) in [6, 6.07) is 13.2. The minimum absolute atomic E-state index is 0.114. The van der Waals surface area contributed by atoms with Crippen molar-refractivity contribution in [3.05, 3.63) is 64.9 Å². The molecule has 0 saturated heterocycles. The van der Waals surface area contributed by atoms with Gasteiger partial charge in [-0.05, 0) is 36.8 Å². The third-order valence-corrected chi connectivity index (χ3v) is 3.40. The molecule has 0 spiro atoms. The first-order valence-corrected chi connectivity index (χ1v) is 6.97. The molecule has 0 fully saturated rings. The van der Waals surface area contributed by atoms with Crippen LogP contribution in [-0.2, 0) is 4.79 Å². The quantitative estimate of drug-likeness (QED) is 0.883. The van der Waals surface area contributed by atoms with Crippen molar-refractivity contribution in [1.29, 1.82) is 0 Å². The first kappa shape index (κ1) is 15.5. The van der Waals surface area contributed by atoms with Gasteiger partial charge in [-0.3, -0.25) is 4.79 Å². The Labute approximate surface area is 128 Å². The topological polar surface area (TPSA) is 41.1 Å². The van der Waals surface area contributed by atoms with Crippen LogP contribution < -0.4 is 10.6 Å². The van der Waals surface area contributed by atoms with E-state index in [1.54, 1.807) is 30.3 Å². The van der Waals surface area contributed by atoms with E-state index in [4.69, 9.17) is 11.6 Å². The predicted molar refractivity (Wildman–Crippen MR) is 82.9 cm³/mol. The van der Waals surface area contributed by atoms with Crippen LogP contribution in [0.4, 0.5) is 10.1 Å². The summed E-state index contributed by atoms with van der Waals surface area (Å²) in [5.41, 5.74) is 1.37. The first-order chi connectivity index (χ1) is 10.1. The van der Waals surface area contributed by atoms with Gasteiger partial charge in [-0.1, -0.05) is 35.9 Å². The lowest BCUT2D eigenvalue weighted by Gasteiger charge is -2.14. The van der Waals surface area contributed by atoms with Gasteiger partial charge in [0, 0.05) is 6.04 Å². The lowest BCUT2D eigenvalue weighted by atomic mass is 10.1. The van der Waals surface area contributed by atoms with Crippen LogP contribution in [-0.4, -0.2) is 12.5 Å². The van der Waals surface area contributed by atoms with Crippen LogP contribution >= 0.6 is 11.6 Å². The Balaban J connectivity index is 1.88. The monoisotopic (exact) mass is 306 g/mol. The second kappa shape index (κ2) is 7.20. The van der Waals surface area contributed by atoms with Gasteiger partial charge in [-0.2, -0.15) is 0 Å². The van der Waals surface area contributed by atoms with Crippen LogP contribution in [0.3, 0.4) is 0 Å². The number of benzene rings is 2. The Bertz CT molecular complexity index is 633. The number of amides is 1. The third-order valence-electron chi connectivity index (χ3n) is 3.07. The number of nitrogens with one attached hydrogen (secondary N) is 2. The number of hydrogen-bond acceptors (Lipinski definition) is 2. The molecular weight excluding hydrogens is 291 g/mol. The maximum absolute atomic E-state index is 13.1. The molecule has 2 rings (SSSR count). The van der Waals surface area contributed by atoms with Gasteiger partial charge in [0.1, 0.15) is 5.82 Å². The summed E-state index contributed by atoms with van der Waals surface area (Å²) >= 11 is 5.97. The van der Waals surface area contributed by atoms with E-state index >= 15 is 0 Å². The highest BCUT2D eigenvalue weighted by atomic mass is 35.5. The first-order valence-electron chi connectivity index (χ1n) is 6.59. The number of para-hydroxylation sites is 1. The number of rotatable bonds is 5. The molecule has 2 N–H and O–H groups in total. The molecule has 3 nitrogen and oxygen atoms in total. The Morgan fingerprint density at radius 3 is 2.71 bits per heavy atom. The maximum Gasteiger partial charge on any atom is 0.238 e. The number of carbonyl (C=O) groups excluding carboxylic acids is 1. The van der Waals surface area contributed by atoms with Crippen molar-refractivity contribution in [3.63, 3.8) is 0 Å². The summed E-state index contributed by atoms with van der Waals surface area (Å²) in [5.74, 6) is -0.493. The molecular formula is C16H16ClFN2O. The van der Waals surface area contributed by atoms with E-state index in [2.05, 4.69) is 10.6 Å². The molecule has 1 atom stereocenters. The van der Waals surface area contributed by atoms with Crippen LogP contribution in [0.2, 0.25) is 5.02 Å². The standard InChI is InChI=1S/C16H16ClFN2O/c1-11(12-5-4-6-13(18)9-12)19-10-16(21)20-15-8-3-2-7-14(15)17/h2-9,11,19H,10H2,1H3,(H,20,21)/t11-/m1/s1. The van der Waals surface area contributed by atoms with E-state index < -0.39 is 0 Å². The van der Waals surface area contributed by atoms with Crippen LogP contribution in [0, 0.1) is 5.82 Å². The van der Waals surface area contributed by atoms with Crippen molar-refractivity contribution in [2.75, 3.05) is 11.9 Å². The smallest absolute Gasteiger partial charge is 0.238 e. The maximum atomic E-state index is 13.1. The molecule has 0 radical (unpaired) electrons. The molecule has 0 bridgehead atoms. The molecule has 5 heteroatoms. The van der Waals surface area contributed by atoms with Gasteiger partial charge in [-0.15, -0.1) is 0 Å². The summed E-state index contributed by atoms with van der Waals surface area (Å²) in [5, 5.41) is 6.25. The van der Waals surface area contributed by atoms with E-state index in [0.29, 0.717) is 10.7 Å². The zero-order valence-corrected chi connectivity index (χ0v) is 12.3. The third kappa shape index (κ3) is 4.55. The lowest BCUT2D eigenvalue weighted by Crippen LogP contribution is -2.30. The summed E-state index contributed by atoms with van der Waals surface area (Å²) in [6.07, 6.45) is 0. The van der Waals surface area contributed by atoms with E-state index in [1.165, 1.54) is 12.1 Å². The Hall–Kier alpha value is -1.91. The fourth-order valence-corrected chi connectivity index (χ4v) is 2.08. The molecule has 0 aliphatic rings. The van der Waals surface area contributed by atoms with Crippen molar-refractivity contribution in [2.24, 2.45) is 0 Å². The summed E-state index contributed by atoms with van der Waals surface area (Å²) in [6.45, 7) is 1.99. The Kier molecular flexibility index (Phi) is 5.31. The molecule has 2 aromatic carbocycles. The summed E-state index contributed by atoms with van der Waals surface area (Å²) in [7, 11) is 0. The van der Waals surface area contributed by atoms with Crippen LogP contribution in [0.1, 0.15) is 18.5 Å². The van der Waals surface area contributed by atoms with Gasteiger partial charge >= 0.3 is 0 Å². The molecule has 0 aromatic heterocycles. The predicted octanol–water partition coefficient (Wildman–Crippen LogP) is 3.77. The molecule has 1 amide bonds. The van der Waals surface area contributed by atoms with Crippen molar-refractivity contribution >= 4 is 23.2 Å².